The van der Waals surface area contributed by atoms with Gasteiger partial charge in [-0.2, -0.15) is 0 Å². The van der Waals surface area contributed by atoms with E-state index in [1.54, 1.807) is 0 Å². The first kappa shape index (κ1) is 78.8. The maximum Gasteiger partial charge on any atom is 0.252 e. The first-order valence-corrected chi connectivity index (χ1v) is 46.3. The zero-order valence-electron chi connectivity index (χ0n) is 73.5. The predicted octanol–water partition coefficient (Wildman–Crippen LogP) is 30.1. The molecule has 0 N–H and O–H groups in total. The van der Waals surface area contributed by atoms with Gasteiger partial charge in [-0.05, 0) is 168 Å². The smallest absolute Gasteiger partial charge is 0.252 e. The molecule has 4 heterocycles. The molecule has 4 aliphatic rings. The van der Waals surface area contributed by atoms with Crippen molar-refractivity contribution in [1.82, 2.24) is 0 Å². The second-order valence-electron chi connectivity index (χ2n) is 34.8. The first-order chi connectivity index (χ1) is 66.6. The summed E-state index contributed by atoms with van der Waals surface area (Å²) in [6.45, 7) is -0.755. The van der Waals surface area contributed by atoms with Crippen molar-refractivity contribution < 1.29 is 0 Å². The van der Waals surface area contributed by atoms with Crippen LogP contribution in [0.25, 0.3) is 89.0 Å². The molecule has 8 heteroatoms. The Labute approximate surface area is 783 Å². The minimum Gasteiger partial charge on any atom is -0.311 e. The number of fused-ring (bicyclic) bond motifs is 8. The van der Waals surface area contributed by atoms with Gasteiger partial charge in [0.15, 0.2) is 0 Å². The van der Waals surface area contributed by atoms with Gasteiger partial charge in [0.2, 0.25) is 0 Å². The minimum atomic E-state index is -0.378. The van der Waals surface area contributed by atoms with Crippen LogP contribution in [-0.4, -0.2) is 13.4 Å². The van der Waals surface area contributed by atoms with Gasteiger partial charge in [-0.25, -0.2) is 0 Å². The Hall–Kier alpha value is -17.5. The highest BCUT2D eigenvalue weighted by atomic mass is 15.2. The average molecular weight is 1710 g/mol. The number of para-hydroxylation sites is 10. The van der Waals surface area contributed by atoms with Crippen molar-refractivity contribution in [1.29, 1.82) is 0 Å². The van der Waals surface area contributed by atoms with Gasteiger partial charge < -0.3 is 29.4 Å². The summed E-state index contributed by atoms with van der Waals surface area (Å²) in [5.41, 5.74) is 43.6. The van der Waals surface area contributed by atoms with Crippen molar-refractivity contribution in [2.45, 2.75) is 0 Å². The summed E-state index contributed by atoms with van der Waals surface area (Å²) in [7, 11) is 0. The molecule has 0 radical (unpaired) electrons. The molecule has 0 saturated carbocycles. The maximum atomic E-state index is 2.74. The molecule has 0 unspecified atom stereocenters. The van der Waals surface area contributed by atoms with Crippen molar-refractivity contribution in [3.8, 4) is 89.0 Å². The molecule has 0 aromatic heterocycles. The van der Waals surface area contributed by atoms with E-state index in [1.165, 1.54) is 32.8 Å². The summed E-state index contributed by atoms with van der Waals surface area (Å²) in [5.74, 6) is 0. The highest BCUT2D eigenvalue weighted by Crippen LogP contribution is 2.58. The van der Waals surface area contributed by atoms with E-state index in [4.69, 9.17) is 0 Å². The van der Waals surface area contributed by atoms with Gasteiger partial charge in [-0.1, -0.05) is 431 Å². The lowest BCUT2D eigenvalue weighted by atomic mass is 9.30. The van der Waals surface area contributed by atoms with E-state index in [9.17, 15) is 0 Å². The molecule has 626 valence electrons. The summed E-state index contributed by atoms with van der Waals surface area (Å²) in [6, 6.07) is 195. The lowest BCUT2D eigenvalue weighted by Gasteiger charge is -2.48. The van der Waals surface area contributed by atoms with Gasteiger partial charge in [0.05, 0.1) is 51.2 Å². The van der Waals surface area contributed by atoms with Gasteiger partial charge in [-0.3, -0.25) is 0 Å². The van der Waals surface area contributed by atoms with Crippen LogP contribution in [0.4, 0.5) is 102 Å². The minimum absolute atomic E-state index is 0.377. The molecule has 21 aromatic carbocycles. The third-order valence-electron chi connectivity index (χ3n) is 27.4. The van der Waals surface area contributed by atoms with Crippen molar-refractivity contribution in [2.75, 3.05) is 29.4 Å². The van der Waals surface area contributed by atoms with Gasteiger partial charge >= 0.3 is 0 Å². The molecule has 21 aromatic rings. The zero-order chi connectivity index (χ0) is 88.5. The lowest BCUT2D eigenvalue weighted by molar-refractivity contribution is 1.21. The third kappa shape index (κ3) is 13.4. The van der Waals surface area contributed by atoms with Gasteiger partial charge in [0.25, 0.3) is 13.4 Å². The van der Waals surface area contributed by atoms with Crippen LogP contribution in [0.1, 0.15) is 0 Å². The summed E-state index contributed by atoms with van der Waals surface area (Å²) < 4.78 is 0. The van der Waals surface area contributed by atoms with Crippen LogP contribution in [-0.2, 0) is 0 Å². The summed E-state index contributed by atoms with van der Waals surface area (Å²) in [4.78, 5) is 15.8. The Kier molecular flexibility index (Phi) is 19.7. The Morgan fingerprint density at radius 2 is 0.381 bits per heavy atom. The van der Waals surface area contributed by atoms with E-state index in [0.717, 1.165) is 191 Å². The van der Waals surface area contributed by atoms with Crippen molar-refractivity contribution in [3.63, 3.8) is 0 Å². The van der Waals surface area contributed by atoms with Crippen LogP contribution in [0.5, 0.6) is 0 Å². The maximum absolute atomic E-state index is 2.74. The van der Waals surface area contributed by atoms with E-state index in [-0.39, 0.29) is 13.4 Å². The number of nitrogens with zero attached hydrogens (tertiary/aromatic N) is 6. The quantitative estimate of drug-likeness (QED) is 0.0792. The third-order valence-corrected chi connectivity index (χ3v) is 27.4. The largest absolute Gasteiger partial charge is 0.311 e. The fourth-order valence-electron chi connectivity index (χ4n) is 21.7. The van der Waals surface area contributed by atoms with Gasteiger partial charge in [0, 0.05) is 95.7 Å². The van der Waals surface area contributed by atoms with E-state index >= 15 is 0 Å². The number of hydrogen-bond donors (Lipinski definition) is 0. The Morgan fingerprint density at radius 3 is 0.731 bits per heavy atom. The van der Waals surface area contributed by atoms with Crippen LogP contribution in [0.3, 0.4) is 0 Å². The lowest BCUT2D eigenvalue weighted by Crippen LogP contribution is -2.65. The molecule has 0 fully saturated rings. The van der Waals surface area contributed by atoms with Crippen LogP contribution in [0.15, 0.2) is 522 Å². The van der Waals surface area contributed by atoms with Gasteiger partial charge in [0.1, 0.15) is 0 Å². The summed E-state index contributed by atoms with van der Waals surface area (Å²) >= 11 is 0. The second kappa shape index (κ2) is 33.6. The number of benzene rings is 21. The summed E-state index contributed by atoms with van der Waals surface area (Å²) in [6.07, 6.45) is 0. The van der Waals surface area contributed by atoms with E-state index in [0.29, 0.717) is 0 Å². The van der Waals surface area contributed by atoms with E-state index in [1.807, 2.05) is 0 Å². The fraction of sp³-hybridized carbons (Fsp3) is 0. The second-order valence-corrected chi connectivity index (χ2v) is 34.8. The van der Waals surface area contributed by atoms with Crippen LogP contribution >= 0.6 is 0 Å². The van der Waals surface area contributed by atoms with Crippen molar-refractivity contribution in [2.24, 2.45) is 0 Å². The van der Waals surface area contributed by atoms with Crippen molar-refractivity contribution in [3.05, 3.63) is 522 Å². The molecular formula is C126H86B2N6. The van der Waals surface area contributed by atoms with Crippen LogP contribution in [0, 0.1) is 0 Å². The normalized spacial score (nSPS) is 12.4. The predicted molar refractivity (Wildman–Crippen MR) is 567 cm³/mol. The molecule has 0 saturated heterocycles. The Bertz CT molecular complexity index is 7890. The molecule has 134 heavy (non-hydrogen) atoms. The number of anilines is 18. The molecule has 0 amide bonds. The molecule has 0 atom stereocenters. The monoisotopic (exact) mass is 1700 g/mol. The molecule has 0 bridgehead atoms. The SMILES string of the molecule is c1ccc(-c2ccccc2N(c2ccccc2)c2cc3c4c(c2)N(c2c(-c5ccccc5)cccc2-c2ccccc2)c2cc5c(cc2B4c2ccccc2N3c2ccccc2-c2ccccc2)B2c3ccccc3N(c3ccccc3-c3ccccc3)c3cc(N(c4ccccc4-c4ccccc4)c4ccccc4-c4ccccc4)cc(c32)N5c2ccccc2-c2ccccc2)cc1. The number of hydrogen-bond acceptors (Lipinski definition) is 6. The fourth-order valence-corrected chi connectivity index (χ4v) is 21.7. The molecule has 4 aliphatic heterocycles. The van der Waals surface area contributed by atoms with Crippen molar-refractivity contribution >= 4 is 149 Å². The molecular weight excluding hydrogens is 1620 g/mol. The van der Waals surface area contributed by atoms with E-state index < -0.39 is 0 Å². The number of rotatable bonds is 18. The molecule has 0 aliphatic carbocycles. The summed E-state index contributed by atoms with van der Waals surface area (Å²) in [5, 5.41) is 0. The van der Waals surface area contributed by atoms with Crippen LogP contribution < -0.4 is 62.2 Å². The standard InChI is InChI=1S/C126H86B2N6/c1-10-45-87(46-11-1)98-63-28-36-73-110(98)129(95-61-26-9-27-62-95)96-81-120-125-123(82-96)134(126-104(93-57-22-7-23-58-93)69-44-70-105(126)94-59-24-8-25-60-94)119-86-118-108(85-109(119)128(125)107-72-35-43-80-117(107)131(120)113-76-39-31-66-101(113)90-51-16-4-17-52-90)127-106-71-34-42-79-116(106)132(114-77-40-32-67-102(114)91-53-18-5-19-54-91)121-83-97(84-122(124(121)127)133(118)115-78-41-33-68-103(115)92-55-20-6-21-56-92)130(111-74-37-29-64-99(111)88-47-12-2-13-48-88)112-75-38-30-65-100(112)89-49-14-3-15-50-89/h1-86H. The first-order valence-electron chi connectivity index (χ1n) is 46.3. The van der Waals surface area contributed by atoms with Crippen LogP contribution in [0.2, 0.25) is 0 Å². The molecule has 0 spiro atoms. The highest BCUT2D eigenvalue weighted by Gasteiger charge is 2.50. The van der Waals surface area contributed by atoms with E-state index in [2.05, 4.69) is 551 Å². The Morgan fingerprint density at radius 1 is 0.142 bits per heavy atom. The van der Waals surface area contributed by atoms with Gasteiger partial charge in [-0.15, -0.1) is 0 Å². The molecule has 25 rings (SSSR count). The average Bonchev–Trinajstić information content (AvgIpc) is 0.676. The zero-order valence-corrected chi connectivity index (χ0v) is 73.5. The highest BCUT2D eigenvalue weighted by molar-refractivity contribution is 7.03. The Balaban J connectivity index is 0.861. The topological polar surface area (TPSA) is 19.4 Å². The molecule has 6 nitrogen and oxygen atoms in total.